The standard InChI is InChI=1S/C7H13N3S/c1-6(2-3-8)10-7-9-4-5-11-7/h4-6H,2-3,8H2,1H3,(H,9,10). The van der Waals surface area contributed by atoms with Gasteiger partial charge in [-0.3, -0.25) is 0 Å². The molecule has 3 N–H and O–H groups in total. The molecule has 4 heteroatoms. The van der Waals surface area contributed by atoms with E-state index in [9.17, 15) is 0 Å². The third-order valence-corrected chi connectivity index (χ3v) is 2.11. The lowest BCUT2D eigenvalue weighted by molar-refractivity contribution is 0.716. The van der Waals surface area contributed by atoms with Crippen LogP contribution in [-0.4, -0.2) is 17.6 Å². The minimum Gasteiger partial charge on any atom is -0.359 e. The molecule has 0 radical (unpaired) electrons. The summed E-state index contributed by atoms with van der Waals surface area (Å²) in [5, 5.41) is 6.18. The van der Waals surface area contributed by atoms with E-state index < -0.39 is 0 Å². The number of nitrogens with zero attached hydrogens (tertiary/aromatic N) is 1. The SMILES string of the molecule is CC(CCN)Nc1nccs1. The van der Waals surface area contributed by atoms with Gasteiger partial charge in [0.25, 0.3) is 0 Å². The zero-order valence-electron chi connectivity index (χ0n) is 6.58. The van der Waals surface area contributed by atoms with Crippen molar-refractivity contribution in [2.75, 3.05) is 11.9 Å². The third kappa shape index (κ3) is 2.86. The molecule has 3 nitrogen and oxygen atoms in total. The molecule has 0 bridgehead atoms. The third-order valence-electron chi connectivity index (χ3n) is 1.40. The quantitative estimate of drug-likeness (QED) is 0.717. The van der Waals surface area contributed by atoms with Crippen LogP contribution in [0.5, 0.6) is 0 Å². The van der Waals surface area contributed by atoms with Crippen molar-refractivity contribution in [2.45, 2.75) is 19.4 Å². The Balaban J connectivity index is 2.31. The molecule has 0 aliphatic rings. The van der Waals surface area contributed by atoms with Crippen molar-refractivity contribution >= 4 is 16.5 Å². The van der Waals surface area contributed by atoms with Crippen molar-refractivity contribution in [3.05, 3.63) is 11.6 Å². The van der Waals surface area contributed by atoms with E-state index in [2.05, 4.69) is 17.2 Å². The second kappa shape index (κ2) is 4.31. The molecule has 0 spiro atoms. The number of nitrogens with one attached hydrogen (secondary N) is 1. The summed E-state index contributed by atoms with van der Waals surface area (Å²) in [6, 6.07) is 0.422. The highest BCUT2D eigenvalue weighted by atomic mass is 32.1. The second-order valence-electron chi connectivity index (χ2n) is 2.46. The Morgan fingerprint density at radius 1 is 1.82 bits per heavy atom. The molecule has 0 saturated heterocycles. The summed E-state index contributed by atoms with van der Waals surface area (Å²) in [5.74, 6) is 0. The Kier molecular flexibility index (Phi) is 3.32. The summed E-state index contributed by atoms with van der Waals surface area (Å²) in [5.41, 5.74) is 5.40. The average molecular weight is 171 g/mol. The molecular weight excluding hydrogens is 158 g/mol. The van der Waals surface area contributed by atoms with Gasteiger partial charge in [-0.15, -0.1) is 11.3 Å². The Bertz CT molecular complexity index is 186. The molecule has 1 heterocycles. The molecule has 0 saturated carbocycles. The van der Waals surface area contributed by atoms with Crippen molar-refractivity contribution in [2.24, 2.45) is 5.73 Å². The molecule has 1 rings (SSSR count). The Hall–Kier alpha value is -0.610. The fourth-order valence-corrected chi connectivity index (χ4v) is 1.47. The first-order valence-electron chi connectivity index (χ1n) is 3.69. The van der Waals surface area contributed by atoms with E-state index in [1.807, 2.05) is 5.38 Å². The molecule has 0 aromatic carbocycles. The number of rotatable bonds is 4. The van der Waals surface area contributed by atoms with Crippen LogP contribution >= 0.6 is 11.3 Å². The van der Waals surface area contributed by atoms with Crippen LogP contribution in [0.2, 0.25) is 0 Å². The second-order valence-corrected chi connectivity index (χ2v) is 3.35. The van der Waals surface area contributed by atoms with Crippen LogP contribution in [0.3, 0.4) is 0 Å². The first-order chi connectivity index (χ1) is 5.33. The van der Waals surface area contributed by atoms with E-state index in [1.54, 1.807) is 17.5 Å². The van der Waals surface area contributed by atoms with Crippen LogP contribution in [-0.2, 0) is 0 Å². The summed E-state index contributed by atoms with van der Waals surface area (Å²) in [6.45, 7) is 2.83. The van der Waals surface area contributed by atoms with Crippen LogP contribution in [0.1, 0.15) is 13.3 Å². The summed E-state index contributed by atoms with van der Waals surface area (Å²) in [4.78, 5) is 4.11. The number of thiazole rings is 1. The van der Waals surface area contributed by atoms with Crippen molar-refractivity contribution in [1.29, 1.82) is 0 Å². The van der Waals surface area contributed by atoms with Gasteiger partial charge < -0.3 is 11.1 Å². The van der Waals surface area contributed by atoms with Crippen molar-refractivity contribution < 1.29 is 0 Å². The van der Waals surface area contributed by atoms with Gasteiger partial charge in [0.1, 0.15) is 0 Å². The molecule has 0 aliphatic carbocycles. The highest BCUT2D eigenvalue weighted by Gasteiger charge is 2.00. The Labute approximate surface area is 70.6 Å². The van der Waals surface area contributed by atoms with E-state index in [4.69, 9.17) is 5.73 Å². The molecule has 0 fully saturated rings. The summed E-state index contributed by atoms with van der Waals surface area (Å²) < 4.78 is 0. The van der Waals surface area contributed by atoms with Crippen LogP contribution in [0.4, 0.5) is 5.13 Å². The normalized spacial score (nSPS) is 12.9. The fourth-order valence-electron chi connectivity index (χ4n) is 0.828. The fraction of sp³-hybridized carbons (Fsp3) is 0.571. The first-order valence-corrected chi connectivity index (χ1v) is 4.57. The lowest BCUT2D eigenvalue weighted by Gasteiger charge is -2.10. The molecule has 1 atom stereocenters. The van der Waals surface area contributed by atoms with Gasteiger partial charge in [-0.1, -0.05) is 0 Å². The van der Waals surface area contributed by atoms with Gasteiger partial charge in [0, 0.05) is 17.6 Å². The summed E-state index contributed by atoms with van der Waals surface area (Å²) in [7, 11) is 0. The largest absolute Gasteiger partial charge is 0.359 e. The maximum Gasteiger partial charge on any atom is 0.182 e. The van der Waals surface area contributed by atoms with E-state index in [1.165, 1.54) is 0 Å². The van der Waals surface area contributed by atoms with Crippen molar-refractivity contribution in [3.63, 3.8) is 0 Å². The number of hydrogen-bond acceptors (Lipinski definition) is 4. The summed E-state index contributed by atoms with van der Waals surface area (Å²) >= 11 is 1.61. The van der Waals surface area contributed by atoms with Gasteiger partial charge in [0.05, 0.1) is 0 Å². The van der Waals surface area contributed by atoms with E-state index in [-0.39, 0.29) is 0 Å². The zero-order chi connectivity index (χ0) is 8.10. The van der Waals surface area contributed by atoms with Gasteiger partial charge in [-0.2, -0.15) is 0 Å². The van der Waals surface area contributed by atoms with Crippen LogP contribution < -0.4 is 11.1 Å². The molecule has 11 heavy (non-hydrogen) atoms. The lowest BCUT2D eigenvalue weighted by atomic mass is 10.2. The first kappa shape index (κ1) is 8.49. The van der Waals surface area contributed by atoms with E-state index in [0.717, 1.165) is 18.1 Å². The van der Waals surface area contributed by atoms with Gasteiger partial charge in [-0.05, 0) is 19.9 Å². The minimum absolute atomic E-state index is 0.422. The molecule has 62 valence electrons. The number of anilines is 1. The molecule has 1 unspecified atom stereocenters. The van der Waals surface area contributed by atoms with E-state index >= 15 is 0 Å². The maximum atomic E-state index is 5.40. The summed E-state index contributed by atoms with van der Waals surface area (Å²) in [6.07, 6.45) is 2.78. The van der Waals surface area contributed by atoms with Gasteiger partial charge in [0.2, 0.25) is 0 Å². The van der Waals surface area contributed by atoms with Gasteiger partial charge in [-0.25, -0.2) is 4.98 Å². The molecular formula is C7H13N3S. The maximum absolute atomic E-state index is 5.40. The molecule has 1 aromatic rings. The topological polar surface area (TPSA) is 50.9 Å². The predicted octanol–water partition coefficient (Wildman–Crippen LogP) is 1.29. The highest BCUT2D eigenvalue weighted by molar-refractivity contribution is 7.13. The smallest absolute Gasteiger partial charge is 0.182 e. The van der Waals surface area contributed by atoms with Gasteiger partial charge in [0.15, 0.2) is 5.13 Å². The number of hydrogen-bond donors (Lipinski definition) is 2. The van der Waals surface area contributed by atoms with Crippen molar-refractivity contribution in [3.8, 4) is 0 Å². The number of aromatic nitrogens is 1. The van der Waals surface area contributed by atoms with Gasteiger partial charge >= 0.3 is 0 Å². The number of nitrogens with two attached hydrogens (primary N) is 1. The predicted molar refractivity (Wildman–Crippen MR) is 48.9 cm³/mol. The van der Waals surface area contributed by atoms with Crippen LogP contribution in [0.25, 0.3) is 0 Å². The molecule has 0 aliphatic heterocycles. The average Bonchev–Trinajstić information content (AvgIpc) is 2.40. The van der Waals surface area contributed by atoms with Crippen molar-refractivity contribution in [1.82, 2.24) is 4.98 Å². The minimum atomic E-state index is 0.422. The molecule has 1 aromatic heterocycles. The zero-order valence-corrected chi connectivity index (χ0v) is 7.40. The van der Waals surface area contributed by atoms with Crippen LogP contribution in [0.15, 0.2) is 11.6 Å². The lowest BCUT2D eigenvalue weighted by Crippen LogP contribution is -2.19. The highest BCUT2D eigenvalue weighted by Crippen LogP contribution is 2.12. The Morgan fingerprint density at radius 3 is 3.18 bits per heavy atom. The molecule has 0 amide bonds. The monoisotopic (exact) mass is 171 g/mol. The van der Waals surface area contributed by atoms with Crippen LogP contribution in [0, 0.1) is 0 Å². The van der Waals surface area contributed by atoms with E-state index in [0.29, 0.717) is 6.04 Å². The Morgan fingerprint density at radius 2 is 2.64 bits per heavy atom.